The zero-order valence-corrected chi connectivity index (χ0v) is 24.6. The fourth-order valence-corrected chi connectivity index (χ4v) is 4.86. The third kappa shape index (κ3) is 5.93. The molecular formula is C33H34N4O3S. The van der Waals surface area contributed by atoms with E-state index >= 15 is 0 Å². The highest BCUT2D eigenvalue weighted by atomic mass is 32.1. The van der Waals surface area contributed by atoms with Crippen molar-refractivity contribution in [2.75, 3.05) is 27.0 Å². The maximum Gasteiger partial charge on any atom is 0.252 e. The fourth-order valence-electron chi connectivity index (χ4n) is 4.86. The normalized spacial score (nSPS) is 14.3. The van der Waals surface area contributed by atoms with Crippen LogP contribution in [0.25, 0.3) is 33.5 Å². The summed E-state index contributed by atoms with van der Waals surface area (Å²) in [4.78, 5) is 24.8. The van der Waals surface area contributed by atoms with E-state index in [4.69, 9.17) is 9.15 Å². The summed E-state index contributed by atoms with van der Waals surface area (Å²) in [5, 5.41) is 4.33. The molecular weight excluding hydrogens is 532 g/mol. The van der Waals surface area contributed by atoms with Crippen molar-refractivity contribution in [3.63, 3.8) is 0 Å². The molecule has 0 bridgehead atoms. The number of nitrogens with one attached hydrogen (secondary N) is 1. The standard InChI is InChI=1S/C28H23N3O3.C4H7N.CH4S/c1-17-9-10-19(33-2)16-21(17)26(32)31-28(11-12-28)22-14-18(15-24-20(22)6-5-13-29-24)27-30-23-7-3-4-8-25(23)34-27;1-5-3-2-4-5;1-2/h3-10,13-16H,11-12H2,1-2H3,(H,31,32);2-3H,4H2,1H3;2H,1H3. The zero-order chi connectivity index (χ0) is 29.0. The SMILES string of the molecule is CN1C=CC1.COc1ccc(C)c(C(=O)NC2(c3cc(-c4nc5ccccc5o4)cc4ncccc34)CC2)c1.CS. The van der Waals surface area contributed by atoms with E-state index in [0.717, 1.165) is 58.1 Å². The van der Waals surface area contributed by atoms with E-state index in [1.165, 1.54) is 0 Å². The van der Waals surface area contributed by atoms with Crippen LogP contribution in [0.2, 0.25) is 0 Å². The maximum atomic E-state index is 13.4. The van der Waals surface area contributed by atoms with Crippen LogP contribution < -0.4 is 10.1 Å². The first kappa shape index (κ1) is 28.2. The van der Waals surface area contributed by atoms with E-state index in [0.29, 0.717) is 17.2 Å². The lowest BCUT2D eigenvalue weighted by molar-refractivity contribution is 0.0930. The molecule has 1 saturated carbocycles. The van der Waals surface area contributed by atoms with Gasteiger partial charge in [0.25, 0.3) is 5.91 Å². The number of amides is 1. The molecule has 7 nitrogen and oxygen atoms in total. The predicted molar refractivity (Wildman–Crippen MR) is 168 cm³/mol. The van der Waals surface area contributed by atoms with Gasteiger partial charge in [-0.2, -0.15) is 12.6 Å². The van der Waals surface area contributed by atoms with Gasteiger partial charge in [-0.05, 0) is 91.9 Å². The summed E-state index contributed by atoms with van der Waals surface area (Å²) in [6.07, 6.45) is 9.35. The average molecular weight is 567 g/mol. The zero-order valence-electron chi connectivity index (χ0n) is 23.7. The van der Waals surface area contributed by atoms with Gasteiger partial charge < -0.3 is 19.4 Å². The van der Waals surface area contributed by atoms with Crippen LogP contribution in [0.5, 0.6) is 5.75 Å². The van der Waals surface area contributed by atoms with Gasteiger partial charge >= 0.3 is 0 Å². The van der Waals surface area contributed by atoms with Crippen molar-refractivity contribution < 1.29 is 13.9 Å². The molecule has 210 valence electrons. The number of hydrogen-bond acceptors (Lipinski definition) is 7. The van der Waals surface area contributed by atoms with Gasteiger partial charge in [-0.3, -0.25) is 9.78 Å². The highest BCUT2D eigenvalue weighted by molar-refractivity contribution is 7.79. The van der Waals surface area contributed by atoms with Gasteiger partial charge in [0.2, 0.25) is 5.89 Å². The molecule has 8 heteroatoms. The van der Waals surface area contributed by atoms with Crippen molar-refractivity contribution in [3.05, 3.63) is 102 Å². The molecule has 3 aromatic carbocycles. The number of benzene rings is 3. The highest BCUT2D eigenvalue weighted by Gasteiger charge is 2.47. The molecule has 1 aliphatic heterocycles. The Morgan fingerprint density at radius 3 is 2.46 bits per heavy atom. The Hall–Kier alpha value is -4.30. The molecule has 0 saturated heterocycles. The van der Waals surface area contributed by atoms with Gasteiger partial charge in [0.05, 0.1) is 18.2 Å². The number of aryl methyl sites for hydroxylation is 1. The second-order valence-corrected chi connectivity index (χ2v) is 10.1. The summed E-state index contributed by atoms with van der Waals surface area (Å²) in [5.41, 5.74) is 5.32. The van der Waals surface area contributed by atoms with Crippen LogP contribution >= 0.6 is 12.6 Å². The Morgan fingerprint density at radius 1 is 1.05 bits per heavy atom. The number of rotatable bonds is 5. The van der Waals surface area contributed by atoms with Crippen molar-refractivity contribution in [2.24, 2.45) is 0 Å². The van der Waals surface area contributed by atoms with Crippen molar-refractivity contribution >= 4 is 40.5 Å². The number of hydrogen-bond donors (Lipinski definition) is 2. The molecule has 1 amide bonds. The molecule has 1 N–H and O–H groups in total. The fraction of sp³-hybridized carbons (Fsp3) is 0.242. The highest BCUT2D eigenvalue weighted by Crippen LogP contribution is 2.49. The van der Waals surface area contributed by atoms with Crippen molar-refractivity contribution in [3.8, 4) is 17.2 Å². The average Bonchev–Trinajstić information content (AvgIpc) is 3.64. The van der Waals surface area contributed by atoms with E-state index in [9.17, 15) is 4.79 Å². The lowest BCUT2D eigenvalue weighted by Gasteiger charge is -2.21. The van der Waals surface area contributed by atoms with Crippen LogP contribution in [-0.4, -0.2) is 47.7 Å². The minimum absolute atomic E-state index is 0.113. The summed E-state index contributed by atoms with van der Waals surface area (Å²) < 4.78 is 11.4. The summed E-state index contributed by atoms with van der Waals surface area (Å²) >= 11 is 3.53. The first-order chi connectivity index (χ1) is 20.0. The summed E-state index contributed by atoms with van der Waals surface area (Å²) in [7, 11) is 3.66. The number of thiol groups is 1. The van der Waals surface area contributed by atoms with E-state index in [2.05, 4.69) is 64.3 Å². The molecule has 3 heterocycles. The number of aromatic nitrogens is 2. The Morgan fingerprint density at radius 2 is 1.80 bits per heavy atom. The number of pyridine rings is 1. The Labute approximate surface area is 245 Å². The Kier molecular flexibility index (Phi) is 8.31. The first-order valence-corrected chi connectivity index (χ1v) is 14.4. The van der Waals surface area contributed by atoms with Crippen LogP contribution in [0.1, 0.15) is 34.3 Å². The molecule has 2 aliphatic rings. The molecule has 0 unspecified atom stereocenters. The molecule has 0 atom stereocenters. The van der Waals surface area contributed by atoms with E-state index in [1.807, 2.05) is 55.5 Å². The van der Waals surface area contributed by atoms with Crippen molar-refractivity contribution in [1.82, 2.24) is 20.2 Å². The number of para-hydroxylation sites is 2. The second-order valence-electron chi connectivity index (χ2n) is 10.1. The van der Waals surface area contributed by atoms with Crippen molar-refractivity contribution in [2.45, 2.75) is 25.3 Å². The van der Waals surface area contributed by atoms with Crippen LogP contribution in [0.3, 0.4) is 0 Å². The van der Waals surface area contributed by atoms with Gasteiger partial charge in [-0.25, -0.2) is 4.98 Å². The number of carbonyl (C=O) groups excluding carboxylic acids is 1. The number of likely N-dealkylation sites (N-methyl/N-ethyl adjacent to an activating group) is 1. The second kappa shape index (κ2) is 12.1. The molecule has 5 aromatic rings. The number of methoxy groups -OCH3 is 1. The van der Waals surface area contributed by atoms with Gasteiger partial charge in [-0.1, -0.05) is 24.3 Å². The third-order valence-corrected chi connectivity index (χ3v) is 7.32. The van der Waals surface area contributed by atoms with Gasteiger partial charge in [0.15, 0.2) is 5.58 Å². The smallest absolute Gasteiger partial charge is 0.252 e. The minimum atomic E-state index is -0.462. The van der Waals surface area contributed by atoms with Crippen LogP contribution in [0.15, 0.2) is 89.6 Å². The summed E-state index contributed by atoms with van der Waals surface area (Å²) in [6.45, 7) is 3.07. The molecule has 2 aromatic heterocycles. The van der Waals surface area contributed by atoms with Crippen LogP contribution in [0, 0.1) is 6.92 Å². The largest absolute Gasteiger partial charge is 0.497 e. The molecule has 41 heavy (non-hydrogen) atoms. The van der Waals surface area contributed by atoms with E-state index in [-0.39, 0.29) is 5.91 Å². The van der Waals surface area contributed by atoms with Gasteiger partial charge in [0, 0.05) is 36.3 Å². The molecule has 0 radical (unpaired) electrons. The third-order valence-electron chi connectivity index (χ3n) is 7.32. The summed E-state index contributed by atoms with van der Waals surface area (Å²) in [5.74, 6) is 1.09. The number of ether oxygens (including phenoxy) is 1. The van der Waals surface area contributed by atoms with E-state index in [1.54, 1.807) is 25.6 Å². The van der Waals surface area contributed by atoms with Crippen LogP contribution in [-0.2, 0) is 5.54 Å². The summed E-state index contributed by atoms with van der Waals surface area (Å²) in [6, 6.07) is 21.3. The number of carbonyl (C=O) groups is 1. The van der Waals surface area contributed by atoms with Crippen LogP contribution in [0.4, 0.5) is 0 Å². The Balaban J connectivity index is 0.000000430. The lowest BCUT2D eigenvalue weighted by Crippen LogP contribution is -2.35. The molecule has 1 fully saturated rings. The molecule has 7 rings (SSSR count). The minimum Gasteiger partial charge on any atom is -0.497 e. The number of oxazole rings is 1. The number of nitrogens with zero attached hydrogens (tertiary/aromatic N) is 3. The molecule has 0 spiro atoms. The molecule has 1 aliphatic carbocycles. The van der Waals surface area contributed by atoms with Gasteiger partial charge in [-0.15, -0.1) is 0 Å². The Bertz CT molecular complexity index is 1690. The lowest BCUT2D eigenvalue weighted by atomic mass is 9.95. The topological polar surface area (TPSA) is 80.5 Å². The van der Waals surface area contributed by atoms with E-state index < -0.39 is 5.54 Å². The van der Waals surface area contributed by atoms with Gasteiger partial charge in [0.1, 0.15) is 11.3 Å². The maximum absolute atomic E-state index is 13.4. The first-order valence-electron chi connectivity index (χ1n) is 13.5. The monoisotopic (exact) mass is 566 g/mol. The predicted octanol–water partition coefficient (Wildman–Crippen LogP) is 6.77. The van der Waals surface area contributed by atoms with Crippen molar-refractivity contribution in [1.29, 1.82) is 0 Å². The number of fused-ring (bicyclic) bond motifs is 2. The quantitative estimate of drug-likeness (QED) is 0.229.